The highest BCUT2D eigenvalue weighted by atomic mass is 19.1. The molecule has 1 amide bonds. The molecular formula is C12H15FN6O2. The number of hydroxylamine groups is 1. The van der Waals surface area contributed by atoms with E-state index >= 15 is 0 Å². The van der Waals surface area contributed by atoms with E-state index in [1.165, 1.54) is 6.33 Å². The van der Waals surface area contributed by atoms with E-state index in [9.17, 15) is 9.18 Å². The second-order valence-corrected chi connectivity index (χ2v) is 5.39. The number of nitrogens with one attached hydrogen (secondary N) is 1. The standard InChI is InChI=1S/C12H15FN6O2/c1-5-2-6(3-7(5)11(20)18-21)19-4-15-8-9(14)16-12(13)17-10(8)19/h4-7,21H,2-3H2,1H3,(H,18,20)(H2,14,16,17)/t5-,6+,7-/m0/s1. The maximum absolute atomic E-state index is 13.3. The van der Waals surface area contributed by atoms with Crippen molar-refractivity contribution in [3.8, 4) is 0 Å². The number of anilines is 1. The molecule has 2 aromatic rings. The quantitative estimate of drug-likeness (QED) is 0.425. The van der Waals surface area contributed by atoms with Gasteiger partial charge in [-0.15, -0.1) is 0 Å². The minimum atomic E-state index is -0.905. The highest BCUT2D eigenvalue weighted by molar-refractivity contribution is 5.81. The van der Waals surface area contributed by atoms with Crippen molar-refractivity contribution in [3.05, 3.63) is 12.4 Å². The number of aromatic nitrogens is 4. The summed E-state index contributed by atoms with van der Waals surface area (Å²) in [4.78, 5) is 22.9. The summed E-state index contributed by atoms with van der Waals surface area (Å²) in [7, 11) is 0. The number of hydrogen-bond donors (Lipinski definition) is 3. The van der Waals surface area contributed by atoms with Crippen molar-refractivity contribution in [2.75, 3.05) is 5.73 Å². The van der Waals surface area contributed by atoms with Crippen LogP contribution in [0.5, 0.6) is 0 Å². The van der Waals surface area contributed by atoms with Crippen LogP contribution >= 0.6 is 0 Å². The van der Waals surface area contributed by atoms with E-state index < -0.39 is 12.0 Å². The van der Waals surface area contributed by atoms with Gasteiger partial charge in [-0.05, 0) is 18.8 Å². The molecule has 9 heteroatoms. The second kappa shape index (κ2) is 4.92. The Morgan fingerprint density at radius 1 is 1.52 bits per heavy atom. The summed E-state index contributed by atoms with van der Waals surface area (Å²) in [6.45, 7) is 1.93. The van der Waals surface area contributed by atoms with Gasteiger partial charge in [0, 0.05) is 12.0 Å². The molecule has 1 fully saturated rings. The number of hydrogen-bond acceptors (Lipinski definition) is 6. The summed E-state index contributed by atoms with van der Waals surface area (Å²) >= 11 is 0. The molecule has 3 atom stereocenters. The topological polar surface area (TPSA) is 119 Å². The zero-order valence-electron chi connectivity index (χ0n) is 11.3. The van der Waals surface area contributed by atoms with Crippen LogP contribution in [0.4, 0.5) is 10.2 Å². The lowest BCUT2D eigenvalue weighted by molar-refractivity contribution is -0.134. The molecule has 21 heavy (non-hydrogen) atoms. The van der Waals surface area contributed by atoms with Crippen molar-refractivity contribution >= 4 is 22.9 Å². The van der Waals surface area contributed by atoms with Crippen LogP contribution in [0, 0.1) is 17.9 Å². The van der Waals surface area contributed by atoms with Gasteiger partial charge in [0.15, 0.2) is 11.5 Å². The first kappa shape index (κ1) is 13.7. The molecule has 0 saturated heterocycles. The van der Waals surface area contributed by atoms with Crippen LogP contribution in [0.15, 0.2) is 6.33 Å². The lowest BCUT2D eigenvalue weighted by atomic mass is 9.98. The molecule has 0 spiro atoms. The maximum Gasteiger partial charge on any atom is 0.312 e. The summed E-state index contributed by atoms with van der Waals surface area (Å²) in [5.74, 6) is -0.633. The van der Waals surface area contributed by atoms with E-state index in [2.05, 4.69) is 15.0 Å². The van der Waals surface area contributed by atoms with Crippen LogP contribution in [-0.2, 0) is 4.79 Å². The zero-order valence-corrected chi connectivity index (χ0v) is 11.3. The Morgan fingerprint density at radius 2 is 2.29 bits per heavy atom. The highest BCUT2D eigenvalue weighted by Crippen LogP contribution is 2.40. The largest absolute Gasteiger partial charge is 0.382 e. The molecule has 2 aromatic heterocycles. The molecule has 1 aliphatic carbocycles. The van der Waals surface area contributed by atoms with E-state index in [1.807, 2.05) is 6.92 Å². The fourth-order valence-corrected chi connectivity index (χ4v) is 3.07. The Hall–Kier alpha value is -2.29. The minimum Gasteiger partial charge on any atom is -0.382 e. The van der Waals surface area contributed by atoms with Gasteiger partial charge >= 0.3 is 6.08 Å². The first-order valence-corrected chi connectivity index (χ1v) is 6.60. The van der Waals surface area contributed by atoms with Gasteiger partial charge in [0.2, 0.25) is 5.91 Å². The minimum absolute atomic E-state index is 0.00746. The van der Waals surface area contributed by atoms with Gasteiger partial charge in [0.05, 0.1) is 6.33 Å². The van der Waals surface area contributed by atoms with E-state index in [4.69, 9.17) is 10.9 Å². The Morgan fingerprint density at radius 3 is 3.00 bits per heavy atom. The number of nitrogen functional groups attached to an aromatic ring is 1. The number of carbonyl (C=O) groups is 1. The Kier molecular flexibility index (Phi) is 3.20. The van der Waals surface area contributed by atoms with Gasteiger partial charge in [0.25, 0.3) is 0 Å². The Balaban J connectivity index is 1.97. The number of nitrogens with two attached hydrogens (primary N) is 1. The fraction of sp³-hybridized carbons (Fsp3) is 0.500. The van der Waals surface area contributed by atoms with E-state index in [0.717, 1.165) is 0 Å². The third kappa shape index (κ3) is 2.19. The lowest BCUT2D eigenvalue weighted by Gasteiger charge is -2.12. The van der Waals surface area contributed by atoms with Crippen LogP contribution in [0.3, 0.4) is 0 Å². The summed E-state index contributed by atoms with van der Waals surface area (Å²) in [6, 6.07) is -0.0546. The van der Waals surface area contributed by atoms with Crippen molar-refractivity contribution in [1.82, 2.24) is 25.0 Å². The van der Waals surface area contributed by atoms with Gasteiger partial charge in [0.1, 0.15) is 5.52 Å². The molecule has 1 aliphatic rings. The van der Waals surface area contributed by atoms with Gasteiger partial charge in [-0.2, -0.15) is 14.4 Å². The highest BCUT2D eigenvalue weighted by Gasteiger charge is 2.37. The number of nitrogens with zero attached hydrogens (tertiary/aromatic N) is 4. The normalized spacial score (nSPS) is 25.4. The lowest BCUT2D eigenvalue weighted by Crippen LogP contribution is -2.29. The Bertz CT molecular complexity index is 702. The molecule has 0 aromatic carbocycles. The molecule has 4 N–H and O–H groups in total. The van der Waals surface area contributed by atoms with E-state index in [0.29, 0.717) is 24.0 Å². The van der Waals surface area contributed by atoms with Crippen molar-refractivity contribution in [2.24, 2.45) is 11.8 Å². The third-order valence-electron chi connectivity index (χ3n) is 4.12. The number of fused-ring (bicyclic) bond motifs is 1. The summed E-state index contributed by atoms with van der Waals surface area (Å²) in [5.41, 5.74) is 7.99. The summed E-state index contributed by atoms with van der Waals surface area (Å²) in [5, 5.41) is 8.77. The maximum atomic E-state index is 13.3. The van der Waals surface area contributed by atoms with Crippen molar-refractivity contribution in [1.29, 1.82) is 0 Å². The molecule has 112 valence electrons. The monoisotopic (exact) mass is 294 g/mol. The summed E-state index contributed by atoms with van der Waals surface area (Å²) in [6.07, 6.45) is 1.85. The molecular weight excluding hydrogens is 279 g/mol. The first-order chi connectivity index (χ1) is 10.0. The molecule has 3 rings (SSSR count). The van der Waals surface area contributed by atoms with Crippen molar-refractivity contribution in [2.45, 2.75) is 25.8 Å². The second-order valence-electron chi connectivity index (χ2n) is 5.39. The van der Waals surface area contributed by atoms with Gasteiger partial charge in [-0.3, -0.25) is 10.0 Å². The van der Waals surface area contributed by atoms with Crippen molar-refractivity contribution in [3.63, 3.8) is 0 Å². The van der Waals surface area contributed by atoms with Crippen LogP contribution in [0.2, 0.25) is 0 Å². The number of amides is 1. The van der Waals surface area contributed by atoms with E-state index in [-0.39, 0.29) is 23.7 Å². The molecule has 0 aliphatic heterocycles. The van der Waals surface area contributed by atoms with Crippen molar-refractivity contribution < 1.29 is 14.4 Å². The molecule has 0 unspecified atom stereocenters. The average molecular weight is 294 g/mol. The zero-order chi connectivity index (χ0) is 15.1. The predicted molar refractivity (Wildman–Crippen MR) is 70.5 cm³/mol. The van der Waals surface area contributed by atoms with Crippen LogP contribution in [-0.4, -0.2) is 30.6 Å². The average Bonchev–Trinajstić information content (AvgIpc) is 3.01. The first-order valence-electron chi connectivity index (χ1n) is 6.60. The van der Waals surface area contributed by atoms with Crippen LogP contribution in [0.1, 0.15) is 25.8 Å². The van der Waals surface area contributed by atoms with Gasteiger partial charge < -0.3 is 10.3 Å². The SMILES string of the molecule is C[C@H]1C[C@@H](n2cnc3c(N)nc(F)nc32)C[C@@H]1C(=O)NO. The van der Waals surface area contributed by atoms with Gasteiger partial charge in [-0.1, -0.05) is 6.92 Å². The number of halogens is 1. The molecule has 1 saturated carbocycles. The number of rotatable bonds is 2. The van der Waals surface area contributed by atoms with Crippen LogP contribution < -0.4 is 11.2 Å². The third-order valence-corrected chi connectivity index (χ3v) is 4.12. The van der Waals surface area contributed by atoms with Gasteiger partial charge in [-0.25, -0.2) is 10.5 Å². The smallest absolute Gasteiger partial charge is 0.312 e. The fourth-order valence-electron chi connectivity index (χ4n) is 3.07. The molecule has 0 bridgehead atoms. The molecule has 8 nitrogen and oxygen atoms in total. The molecule has 2 heterocycles. The predicted octanol–water partition coefficient (Wildman–Crippen LogP) is 0.640. The van der Waals surface area contributed by atoms with Crippen LogP contribution in [0.25, 0.3) is 11.2 Å². The molecule has 0 radical (unpaired) electrons. The Labute approximate surface area is 119 Å². The van der Waals surface area contributed by atoms with E-state index in [1.54, 1.807) is 10.0 Å². The summed E-state index contributed by atoms with van der Waals surface area (Å²) < 4.78 is 15.1. The number of imidazole rings is 1. The number of carbonyl (C=O) groups excluding carboxylic acids is 1.